The molecule has 0 aliphatic heterocycles. The first-order chi connectivity index (χ1) is 4.36. The molecular weight excluding hydrogens is 522 g/mol. The van der Waals surface area contributed by atoms with Gasteiger partial charge in [-0.05, 0) is 0 Å². The molecule has 0 saturated heterocycles. The molecule has 1 N–H and O–H groups in total. The first kappa shape index (κ1) is 11.3. The van der Waals surface area contributed by atoms with Crippen LogP contribution >= 0.6 is 0 Å². The predicted molar refractivity (Wildman–Crippen MR) is 38.1 cm³/mol. The molecule has 0 atom stereocenters. The van der Waals surface area contributed by atoms with Crippen LogP contribution in [-0.2, 0) is 9.53 Å². The van der Waals surface area contributed by atoms with Crippen molar-refractivity contribution in [1.82, 2.24) is 0 Å². The predicted octanol–water partition coefficient (Wildman–Crippen LogP) is -0.513. The van der Waals surface area contributed by atoms with Crippen LogP contribution in [0.25, 0.3) is 0 Å². The molecule has 0 rings (SSSR count). The number of hydrogen-bond acceptors (Lipinski definition) is 2. The second-order valence-electron chi connectivity index (χ2n) is 2.15. The number of hydrogen-bond donors (Lipinski definition) is 1. The molecule has 0 bridgehead atoms. The minimum absolute atomic E-state index is 0.0195. The van der Waals surface area contributed by atoms with E-state index in [0.29, 0.717) is 51.5 Å². The van der Waals surface area contributed by atoms with Gasteiger partial charge in [-0.25, -0.2) is 0 Å². The maximum atomic E-state index is 10.5. The van der Waals surface area contributed by atoms with Gasteiger partial charge in [0.2, 0.25) is 0 Å². The van der Waals surface area contributed by atoms with Crippen LogP contribution < -0.4 is 0 Å². The van der Waals surface area contributed by atoms with Gasteiger partial charge in [0.05, 0.1) is 0 Å². The van der Waals surface area contributed by atoms with E-state index in [2.05, 4.69) is 0 Å². The van der Waals surface area contributed by atoms with Crippen molar-refractivity contribution in [3.05, 3.63) is 0 Å². The number of carboxylic acid groups (broad SMARTS) is 1. The first-order valence-corrected chi connectivity index (χ1v) is 6.66. The second-order valence-corrected chi connectivity index (χ2v) is 15.2. The Balaban J connectivity index is 4.00. The van der Waals surface area contributed by atoms with Crippen molar-refractivity contribution in [2.75, 3.05) is 0 Å². The van der Waals surface area contributed by atoms with Crippen LogP contribution in [0.2, 0.25) is 0 Å². The van der Waals surface area contributed by atoms with E-state index in [-0.39, 0.29) is 6.10 Å². The summed E-state index contributed by atoms with van der Waals surface area (Å²) in [5.41, 5.74) is 0. The fraction of sp³-hybridized carbons (Fsp3) is 0.800. The van der Waals surface area contributed by atoms with Crippen LogP contribution in [0.1, 0.15) is 13.8 Å². The second kappa shape index (κ2) is 4.34. The molecule has 0 unspecified atom stereocenters. The Hall–Kier alpha value is 1.27. The summed E-state index contributed by atoms with van der Waals surface area (Å²) in [7, 11) is 0. The number of carbonyl (C=O) groups is 1. The van der Waals surface area contributed by atoms with Crippen LogP contribution in [0.4, 0.5) is 0 Å². The Morgan fingerprint density at radius 2 is 2.00 bits per heavy atom. The fourth-order valence-electron chi connectivity index (χ4n) is 0.404. The zero-order valence-electron chi connectivity index (χ0n) is 5.84. The summed E-state index contributed by atoms with van der Waals surface area (Å²) in [5.74, 6) is -0.806. The van der Waals surface area contributed by atoms with E-state index >= 15 is 0 Å². The Morgan fingerprint density at radius 1 is 1.60 bits per heavy atom. The van der Waals surface area contributed by atoms with E-state index < -0.39 is 6.69 Å². The standard InChI is InChI=1S/C5H8O3.2Pb/c1-4(2)8-3-5(6)7;;/h4H,1-2H3,(H,6,7);;. The zero-order valence-corrected chi connectivity index (χ0v) is 13.6. The van der Waals surface area contributed by atoms with Crippen LogP contribution in [0, 0.1) is 0 Å². The summed E-state index contributed by atoms with van der Waals surface area (Å²) < 4.78 is 4.44. The van der Waals surface area contributed by atoms with Crippen LogP contribution in [0.15, 0.2) is 0 Å². The van der Waals surface area contributed by atoms with E-state index in [0.717, 1.165) is 0 Å². The Kier molecular flexibility index (Phi) is 4.89. The molecule has 0 amide bonds. The SMILES string of the molecule is CC(C)O[C]([Pb])([Pb])C(=O)O. The molecular formula is C5H8O3Pb2. The Morgan fingerprint density at radius 3 is 2.10 bits per heavy atom. The number of carboxylic acids is 1. The van der Waals surface area contributed by atoms with E-state index in [1.165, 1.54) is 0 Å². The molecule has 10 heavy (non-hydrogen) atoms. The van der Waals surface area contributed by atoms with Crippen molar-refractivity contribution >= 4 is 57.5 Å². The van der Waals surface area contributed by atoms with Crippen molar-refractivity contribution in [3.63, 3.8) is 0 Å². The molecule has 6 radical (unpaired) electrons. The van der Waals surface area contributed by atoms with Crippen LogP contribution in [0.5, 0.6) is 0 Å². The third kappa shape index (κ3) is 4.21. The van der Waals surface area contributed by atoms with Crippen molar-refractivity contribution in [1.29, 1.82) is 0 Å². The van der Waals surface area contributed by atoms with E-state index in [4.69, 9.17) is 9.84 Å². The van der Waals surface area contributed by atoms with Gasteiger partial charge in [-0.1, -0.05) is 0 Å². The molecule has 0 heterocycles. The quantitative estimate of drug-likeness (QED) is 0.501. The molecule has 54 valence electrons. The summed E-state index contributed by atoms with van der Waals surface area (Å²) >= 11 is 1.14. The van der Waals surface area contributed by atoms with Gasteiger partial charge >= 0.3 is 92.8 Å². The Bertz CT molecular complexity index is 133. The van der Waals surface area contributed by atoms with Gasteiger partial charge in [-0.2, -0.15) is 0 Å². The monoisotopic (exact) mass is 532 g/mol. The average Bonchev–Trinajstić information content (AvgIpc) is 1.60. The first-order valence-electron chi connectivity index (χ1n) is 2.77. The van der Waals surface area contributed by atoms with Gasteiger partial charge < -0.3 is 0 Å². The van der Waals surface area contributed by atoms with Gasteiger partial charge in [-0.3, -0.25) is 0 Å². The van der Waals surface area contributed by atoms with Gasteiger partial charge in [0.25, 0.3) is 0 Å². The van der Waals surface area contributed by atoms with Crippen molar-refractivity contribution in [3.8, 4) is 0 Å². The third-order valence-electron chi connectivity index (χ3n) is 0.714. The molecule has 0 aromatic heterocycles. The number of ether oxygens (including phenoxy) is 1. The molecule has 3 nitrogen and oxygen atoms in total. The van der Waals surface area contributed by atoms with E-state index in [9.17, 15) is 4.79 Å². The van der Waals surface area contributed by atoms with Crippen molar-refractivity contribution in [2.24, 2.45) is 0 Å². The molecule has 0 spiro atoms. The fourth-order valence-corrected chi connectivity index (χ4v) is 2.24. The maximum absolute atomic E-state index is 10.5. The number of rotatable bonds is 3. The molecule has 0 aliphatic rings. The zero-order chi connectivity index (χ0) is 8.36. The molecule has 5 heteroatoms. The molecule has 0 aromatic rings. The topological polar surface area (TPSA) is 46.5 Å². The molecule has 0 aliphatic carbocycles. The van der Waals surface area contributed by atoms with Crippen molar-refractivity contribution in [2.45, 2.75) is 20.7 Å². The summed E-state index contributed by atoms with van der Waals surface area (Å²) in [6.45, 7) is 3.71. The number of aliphatic carboxylic acids is 1. The van der Waals surface area contributed by atoms with Crippen LogP contribution in [-0.4, -0.2) is 69.4 Å². The summed E-state index contributed by atoms with van der Waals surface area (Å²) in [5, 5.41) is 8.63. The minimum atomic E-state index is -0.806. The normalized spacial score (nSPS) is 12.1. The summed E-state index contributed by atoms with van der Waals surface area (Å²) in [4.78, 5) is 10.5. The summed E-state index contributed by atoms with van der Waals surface area (Å²) in [6.07, 6.45) is 0.0195. The van der Waals surface area contributed by atoms with Crippen molar-refractivity contribution < 1.29 is 14.6 Å². The summed E-state index contributed by atoms with van der Waals surface area (Å²) in [6, 6.07) is 0. The van der Waals surface area contributed by atoms with E-state index in [1.807, 2.05) is 13.8 Å². The van der Waals surface area contributed by atoms with Gasteiger partial charge in [0.1, 0.15) is 0 Å². The van der Waals surface area contributed by atoms with E-state index in [1.54, 1.807) is 0 Å². The Labute approximate surface area is 91.9 Å². The molecule has 0 fully saturated rings. The molecule has 0 aromatic carbocycles. The van der Waals surface area contributed by atoms with Gasteiger partial charge in [0, 0.05) is 0 Å². The molecule has 0 saturated carbocycles. The average molecular weight is 531 g/mol. The third-order valence-corrected chi connectivity index (χ3v) is 3.29. The van der Waals surface area contributed by atoms with Gasteiger partial charge in [-0.15, -0.1) is 0 Å². The van der Waals surface area contributed by atoms with Gasteiger partial charge in [0.15, 0.2) is 0 Å². The van der Waals surface area contributed by atoms with Crippen LogP contribution in [0.3, 0.4) is 0 Å².